The van der Waals surface area contributed by atoms with E-state index in [0.29, 0.717) is 5.69 Å². The molecule has 0 saturated heterocycles. The molecule has 23 heavy (non-hydrogen) atoms. The van der Waals surface area contributed by atoms with E-state index < -0.39 is 11.7 Å². The Hall–Kier alpha value is -2.41. The Morgan fingerprint density at radius 3 is 2.65 bits per heavy atom. The molecule has 0 spiro atoms. The summed E-state index contributed by atoms with van der Waals surface area (Å²) in [7, 11) is 0. The first-order valence-corrected chi connectivity index (χ1v) is 7.47. The minimum atomic E-state index is -0.611. The average Bonchev–Trinajstić information content (AvgIpc) is 2.94. The lowest BCUT2D eigenvalue weighted by molar-refractivity contribution is 0.0580. The van der Waals surface area contributed by atoms with Crippen LogP contribution in [-0.2, 0) is 4.74 Å². The van der Waals surface area contributed by atoms with Crippen LogP contribution in [0.1, 0.15) is 40.7 Å². The smallest absolute Gasteiger partial charge is 0.429 e. The Labute approximate surface area is 136 Å². The van der Waals surface area contributed by atoms with E-state index in [1.165, 1.54) is 0 Å². The van der Waals surface area contributed by atoms with E-state index in [4.69, 9.17) is 10.6 Å². The molecule has 0 aliphatic carbocycles. The third-order valence-corrected chi connectivity index (χ3v) is 3.10. The Balaban J connectivity index is 2.29. The third-order valence-electron chi connectivity index (χ3n) is 3.10. The summed E-state index contributed by atoms with van der Waals surface area (Å²) in [4.78, 5) is 12.1. The standard InChI is InChI=1S/C16H23N5O2/c1-11(2)20-10-18-19-14(20)12-7-6-8-13(9-12)21(17)15(22)23-16(3,4)5/h6-11H,17H2,1-5H3. The van der Waals surface area contributed by atoms with Crippen LogP contribution < -0.4 is 10.9 Å². The van der Waals surface area contributed by atoms with Crippen molar-refractivity contribution in [3.8, 4) is 11.4 Å². The van der Waals surface area contributed by atoms with Crippen molar-refractivity contribution in [1.29, 1.82) is 0 Å². The van der Waals surface area contributed by atoms with Crippen LogP contribution in [0.2, 0.25) is 0 Å². The molecule has 0 saturated carbocycles. The first-order chi connectivity index (χ1) is 10.7. The number of ether oxygens (including phenoxy) is 1. The van der Waals surface area contributed by atoms with Crippen molar-refractivity contribution in [2.45, 2.75) is 46.3 Å². The van der Waals surface area contributed by atoms with Crippen molar-refractivity contribution < 1.29 is 9.53 Å². The molecule has 7 nitrogen and oxygen atoms in total. The maximum Gasteiger partial charge on any atom is 0.429 e. The maximum absolute atomic E-state index is 12.1. The van der Waals surface area contributed by atoms with Crippen LogP contribution in [0.4, 0.5) is 10.5 Å². The molecule has 1 amide bonds. The van der Waals surface area contributed by atoms with E-state index in [-0.39, 0.29) is 6.04 Å². The highest BCUT2D eigenvalue weighted by atomic mass is 16.6. The molecular formula is C16H23N5O2. The Bertz CT molecular complexity index is 688. The van der Waals surface area contributed by atoms with Crippen LogP contribution in [0.15, 0.2) is 30.6 Å². The normalized spacial score (nSPS) is 11.6. The van der Waals surface area contributed by atoms with Gasteiger partial charge in [0.15, 0.2) is 5.82 Å². The molecule has 0 unspecified atom stereocenters. The molecule has 7 heteroatoms. The van der Waals surface area contributed by atoms with Gasteiger partial charge in [0.25, 0.3) is 0 Å². The van der Waals surface area contributed by atoms with Gasteiger partial charge >= 0.3 is 6.09 Å². The number of anilines is 1. The molecule has 2 rings (SSSR count). The summed E-state index contributed by atoms with van der Waals surface area (Å²) < 4.78 is 7.23. The molecule has 0 aliphatic heterocycles. The van der Waals surface area contributed by atoms with Gasteiger partial charge in [-0.1, -0.05) is 12.1 Å². The fourth-order valence-electron chi connectivity index (χ4n) is 2.04. The molecule has 1 heterocycles. The molecule has 0 bridgehead atoms. The minimum Gasteiger partial charge on any atom is -0.442 e. The molecule has 1 aromatic carbocycles. The van der Waals surface area contributed by atoms with Crippen LogP contribution in [0.3, 0.4) is 0 Å². The summed E-state index contributed by atoms with van der Waals surface area (Å²) in [5.41, 5.74) is 0.743. The van der Waals surface area contributed by atoms with Gasteiger partial charge < -0.3 is 9.30 Å². The number of hydrazine groups is 1. The highest BCUT2D eigenvalue weighted by molar-refractivity contribution is 5.87. The van der Waals surface area contributed by atoms with Gasteiger partial charge in [-0.3, -0.25) is 0 Å². The van der Waals surface area contributed by atoms with Crippen LogP contribution in [0.5, 0.6) is 0 Å². The lowest BCUT2D eigenvalue weighted by Crippen LogP contribution is -2.41. The number of nitrogens with two attached hydrogens (primary N) is 1. The number of carbonyl (C=O) groups excluding carboxylic acids is 1. The summed E-state index contributed by atoms with van der Waals surface area (Å²) in [6.45, 7) is 9.47. The number of carbonyl (C=O) groups is 1. The molecule has 0 aliphatic rings. The van der Waals surface area contributed by atoms with E-state index in [1.807, 2.05) is 30.5 Å². The van der Waals surface area contributed by atoms with Crippen molar-refractivity contribution in [2.75, 3.05) is 5.01 Å². The molecule has 0 radical (unpaired) electrons. The van der Waals surface area contributed by atoms with E-state index in [2.05, 4.69) is 10.2 Å². The van der Waals surface area contributed by atoms with Gasteiger partial charge in [0.2, 0.25) is 0 Å². The van der Waals surface area contributed by atoms with Gasteiger partial charge in [-0.25, -0.2) is 15.6 Å². The predicted molar refractivity (Wildman–Crippen MR) is 88.7 cm³/mol. The SMILES string of the molecule is CC(C)n1cnnc1-c1cccc(N(N)C(=O)OC(C)(C)C)c1. The summed E-state index contributed by atoms with van der Waals surface area (Å²) in [6.07, 6.45) is 1.07. The molecule has 1 aromatic heterocycles. The summed E-state index contributed by atoms with van der Waals surface area (Å²) in [5, 5.41) is 9.10. The summed E-state index contributed by atoms with van der Waals surface area (Å²) in [5.74, 6) is 6.60. The number of hydrogen-bond donors (Lipinski definition) is 1. The van der Waals surface area contributed by atoms with E-state index in [0.717, 1.165) is 16.4 Å². The summed E-state index contributed by atoms with van der Waals surface area (Å²) >= 11 is 0. The first kappa shape index (κ1) is 17.0. The van der Waals surface area contributed by atoms with E-state index in [9.17, 15) is 4.79 Å². The second-order valence-corrected chi connectivity index (χ2v) is 6.56. The van der Waals surface area contributed by atoms with Crippen molar-refractivity contribution in [3.05, 3.63) is 30.6 Å². The lowest BCUT2D eigenvalue weighted by atomic mass is 10.1. The highest BCUT2D eigenvalue weighted by Gasteiger charge is 2.22. The zero-order chi connectivity index (χ0) is 17.2. The van der Waals surface area contributed by atoms with Crippen LogP contribution >= 0.6 is 0 Å². The second-order valence-electron chi connectivity index (χ2n) is 6.56. The third kappa shape index (κ3) is 4.07. The minimum absolute atomic E-state index is 0.225. The largest absolute Gasteiger partial charge is 0.442 e. The topological polar surface area (TPSA) is 86.3 Å². The fourth-order valence-corrected chi connectivity index (χ4v) is 2.04. The van der Waals surface area contributed by atoms with Gasteiger partial charge in [0.05, 0.1) is 5.69 Å². The molecule has 0 atom stereocenters. The van der Waals surface area contributed by atoms with Gasteiger partial charge in [0, 0.05) is 11.6 Å². The van der Waals surface area contributed by atoms with Gasteiger partial charge in [0.1, 0.15) is 11.9 Å². The Morgan fingerprint density at radius 1 is 1.35 bits per heavy atom. The first-order valence-electron chi connectivity index (χ1n) is 7.47. The van der Waals surface area contributed by atoms with Crippen LogP contribution in [-0.4, -0.2) is 26.5 Å². The van der Waals surface area contributed by atoms with Crippen molar-refractivity contribution in [1.82, 2.24) is 14.8 Å². The quantitative estimate of drug-likeness (QED) is 0.534. The van der Waals surface area contributed by atoms with E-state index in [1.54, 1.807) is 39.2 Å². The van der Waals surface area contributed by atoms with Crippen molar-refractivity contribution >= 4 is 11.8 Å². The predicted octanol–water partition coefficient (Wildman–Crippen LogP) is 3.14. The highest BCUT2D eigenvalue weighted by Crippen LogP contribution is 2.24. The monoisotopic (exact) mass is 317 g/mol. The molecular weight excluding hydrogens is 294 g/mol. The number of aromatic nitrogens is 3. The van der Waals surface area contributed by atoms with Gasteiger partial charge in [-0.2, -0.15) is 0 Å². The number of benzene rings is 1. The zero-order valence-electron chi connectivity index (χ0n) is 14.1. The van der Waals surface area contributed by atoms with Gasteiger partial charge in [-0.05, 0) is 46.8 Å². The number of hydrogen-bond acceptors (Lipinski definition) is 5. The molecule has 2 N–H and O–H groups in total. The molecule has 124 valence electrons. The fraction of sp³-hybridized carbons (Fsp3) is 0.438. The van der Waals surface area contributed by atoms with Crippen molar-refractivity contribution in [3.63, 3.8) is 0 Å². The zero-order valence-corrected chi connectivity index (χ0v) is 14.1. The number of rotatable bonds is 3. The molecule has 2 aromatic rings. The number of amides is 1. The summed E-state index contributed by atoms with van der Waals surface area (Å²) in [6, 6.07) is 7.46. The van der Waals surface area contributed by atoms with Crippen LogP contribution in [0.25, 0.3) is 11.4 Å². The average molecular weight is 317 g/mol. The molecule has 0 fully saturated rings. The Morgan fingerprint density at radius 2 is 2.04 bits per heavy atom. The Kier molecular flexibility index (Phi) is 4.70. The lowest BCUT2D eigenvalue weighted by Gasteiger charge is -2.24. The number of nitrogens with zero attached hydrogens (tertiary/aromatic N) is 4. The maximum atomic E-state index is 12.1. The van der Waals surface area contributed by atoms with Gasteiger partial charge in [-0.15, -0.1) is 10.2 Å². The second kappa shape index (κ2) is 6.37. The van der Waals surface area contributed by atoms with E-state index >= 15 is 0 Å². The van der Waals surface area contributed by atoms with Crippen molar-refractivity contribution in [2.24, 2.45) is 5.84 Å². The van der Waals surface area contributed by atoms with Crippen LogP contribution in [0, 0.1) is 0 Å².